The summed E-state index contributed by atoms with van der Waals surface area (Å²) in [6.45, 7) is 5.14. The number of anilines is 1. The van der Waals surface area contributed by atoms with Crippen molar-refractivity contribution in [1.29, 1.82) is 0 Å². The van der Waals surface area contributed by atoms with Gasteiger partial charge in [-0.25, -0.2) is 9.59 Å². The predicted octanol–water partition coefficient (Wildman–Crippen LogP) is 3.33. The summed E-state index contributed by atoms with van der Waals surface area (Å²) in [6.07, 6.45) is 1.34. The van der Waals surface area contributed by atoms with Crippen molar-refractivity contribution in [3.63, 3.8) is 0 Å². The Labute approximate surface area is 191 Å². The molecular formula is C24H25NO8. The third-order valence-electron chi connectivity index (χ3n) is 4.42. The lowest BCUT2D eigenvalue weighted by Gasteiger charge is -2.29. The van der Waals surface area contributed by atoms with Gasteiger partial charge in [0.1, 0.15) is 11.3 Å². The fourth-order valence-corrected chi connectivity index (χ4v) is 2.98. The first-order valence-electron chi connectivity index (χ1n) is 10.2. The summed E-state index contributed by atoms with van der Waals surface area (Å²) >= 11 is 0. The van der Waals surface area contributed by atoms with Crippen molar-refractivity contribution < 1.29 is 38.1 Å². The molecule has 1 fully saturated rings. The first kappa shape index (κ1) is 23.6. The highest BCUT2D eigenvalue weighted by molar-refractivity contribution is 6.18. The van der Waals surface area contributed by atoms with Crippen molar-refractivity contribution >= 4 is 29.6 Å². The minimum Gasteiger partial charge on any atom is -0.494 e. The van der Waals surface area contributed by atoms with Crippen molar-refractivity contribution in [2.24, 2.45) is 0 Å². The average molecular weight is 455 g/mol. The molecule has 9 nitrogen and oxygen atoms in total. The lowest BCUT2D eigenvalue weighted by atomic mass is 10.1. The van der Waals surface area contributed by atoms with Gasteiger partial charge >= 0.3 is 11.9 Å². The Bertz CT molecular complexity index is 1050. The lowest BCUT2D eigenvalue weighted by molar-refractivity contribution is -0.222. The summed E-state index contributed by atoms with van der Waals surface area (Å²) in [6, 6.07) is 11.7. The quantitative estimate of drug-likeness (QED) is 0.367. The standard InChI is InChI=1S/C24H25NO8/c1-5-30-17-9-7-16(8-10-17)25-21(26)14-31-19-11-6-15(13-20(19)29-4)12-18-22(27)32-24(2,3)33-23(18)28/h6-13H,5,14H2,1-4H3,(H,25,26). The maximum Gasteiger partial charge on any atom is 0.348 e. The third-order valence-corrected chi connectivity index (χ3v) is 4.42. The molecule has 9 heteroatoms. The molecule has 0 atom stereocenters. The van der Waals surface area contributed by atoms with E-state index >= 15 is 0 Å². The smallest absolute Gasteiger partial charge is 0.348 e. The van der Waals surface area contributed by atoms with E-state index in [0.717, 1.165) is 0 Å². The number of rotatable bonds is 8. The first-order chi connectivity index (χ1) is 15.7. The van der Waals surface area contributed by atoms with Crippen LogP contribution in [0.2, 0.25) is 0 Å². The van der Waals surface area contributed by atoms with Gasteiger partial charge in [0.15, 0.2) is 18.1 Å². The molecule has 33 heavy (non-hydrogen) atoms. The number of benzene rings is 2. The molecule has 1 aliphatic heterocycles. The number of hydrogen-bond acceptors (Lipinski definition) is 8. The monoisotopic (exact) mass is 455 g/mol. The molecule has 0 spiro atoms. The van der Waals surface area contributed by atoms with Crippen molar-refractivity contribution in [2.45, 2.75) is 26.6 Å². The zero-order valence-electron chi connectivity index (χ0n) is 18.8. The minimum absolute atomic E-state index is 0.236. The van der Waals surface area contributed by atoms with Gasteiger partial charge < -0.3 is 29.0 Å². The molecule has 0 bridgehead atoms. The first-order valence-corrected chi connectivity index (χ1v) is 10.2. The number of carbonyl (C=O) groups is 3. The average Bonchev–Trinajstić information content (AvgIpc) is 2.76. The second-order valence-corrected chi connectivity index (χ2v) is 7.44. The van der Waals surface area contributed by atoms with Gasteiger partial charge in [-0.1, -0.05) is 6.07 Å². The fraction of sp³-hybridized carbons (Fsp3) is 0.292. The molecule has 0 unspecified atom stereocenters. The van der Waals surface area contributed by atoms with Crippen LogP contribution in [-0.4, -0.2) is 44.0 Å². The topological polar surface area (TPSA) is 109 Å². The Balaban J connectivity index is 1.64. The third kappa shape index (κ3) is 6.25. The van der Waals surface area contributed by atoms with E-state index in [1.807, 2.05) is 6.92 Å². The van der Waals surface area contributed by atoms with Crippen LogP contribution in [0.4, 0.5) is 5.69 Å². The normalized spacial score (nSPS) is 14.6. The van der Waals surface area contributed by atoms with Crippen molar-refractivity contribution in [3.05, 3.63) is 53.6 Å². The summed E-state index contributed by atoms with van der Waals surface area (Å²) in [5.41, 5.74) is 0.858. The number of cyclic esters (lactones) is 2. The Morgan fingerprint density at radius 1 is 1.00 bits per heavy atom. The minimum atomic E-state index is -1.31. The summed E-state index contributed by atoms with van der Waals surface area (Å²) < 4.78 is 26.4. The van der Waals surface area contributed by atoms with E-state index in [0.29, 0.717) is 35.1 Å². The summed E-state index contributed by atoms with van der Waals surface area (Å²) in [7, 11) is 1.44. The number of methoxy groups -OCH3 is 1. The van der Waals surface area contributed by atoms with Crippen LogP contribution in [0.3, 0.4) is 0 Å². The Kier molecular flexibility index (Phi) is 7.22. The molecule has 0 saturated carbocycles. The Hall–Kier alpha value is -4.01. The zero-order valence-corrected chi connectivity index (χ0v) is 18.8. The SMILES string of the molecule is CCOc1ccc(NC(=O)COc2ccc(C=C3C(=O)OC(C)(C)OC3=O)cc2OC)cc1. The lowest BCUT2D eigenvalue weighted by Crippen LogP contribution is -2.41. The molecule has 174 valence electrons. The van der Waals surface area contributed by atoms with Crippen LogP contribution in [-0.2, 0) is 23.9 Å². The molecule has 0 aliphatic carbocycles. The molecule has 1 N–H and O–H groups in total. The van der Waals surface area contributed by atoms with E-state index in [1.165, 1.54) is 27.0 Å². The maximum atomic E-state index is 12.2. The second-order valence-electron chi connectivity index (χ2n) is 7.44. The van der Waals surface area contributed by atoms with Crippen molar-refractivity contribution in [1.82, 2.24) is 0 Å². The highest BCUT2D eigenvalue weighted by Gasteiger charge is 2.38. The molecule has 2 aromatic carbocycles. The Morgan fingerprint density at radius 2 is 1.67 bits per heavy atom. The molecular weight excluding hydrogens is 430 g/mol. The van der Waals surface area contributed by atoms with Crippen LogP contribution in [0.1, 0.15) is 26.3 Å². The van der Waals surface area contributed by atoms with Gasteiger partial charge in [-0.3, -0.25) is 4.79 Å². The Morgan fingerprint density at radius 3 is 2.27 bits per heavy atom. The molecule has 1 saturated heterocycles. The van der Waals surface area contributed by atoms with Gasteiger partial charge in [0.05, 0.1) is 13.7 Å². The summed E-state index contributed by atoms with van der Waals surface area (Å²) in [5.74, 6) is -1.88. The maximum absolute atomic E-state index is 12.2. The molecule has 3 rings (SSSR count). The largest absolute Gasteiger partial charge is 0.494 e. The number of ether oxygens (including phenoxy) is 5. The van der Waals surface area contributed by atoms with E-state index in [4.69, 9.17) is 23.7 Å². The van der Waals surface area contributed by atoms with Gasteiger partial charge in [-0.2, -0.15) is 0 Å². The van der Waals surface area contributed by atoms with Crippen molar-refractivity contribution in [3.8, 4) is 17.2 Å². The number of esters is 2. The molecule has 1 amide bonds. The summed E-state index contributed by atoms with van der Waals surface area (Å²) in [5, 5.41) is 2.73. The van der Waals surface area contributed by atoms with Crippen LogP contribution in [0, 0.1) is 0 Å². The molecule has 0 radical (unpaired) electrons. The number of nitrogens with one attached hydrogen (secondary N) is 1. The summed E-state index contributed by atoms with van der Waals surface area (Å²) in [4.78, 5) is 36.5. The highest BCUT2D eigenvalue weighted by atomic mass is 16.7. The fourth-order valence-electron chi connectivity index (χ4n) is 2.98. The van der Waals surface area contributed by atoms with Gasteiger partial charge in [0, 0.05) is 19.5 Å². The number of carbonyl (C=O) groups excluding carboxylic acids is 3. The van der Waals surface area contributed by atoms with Gasteiger partial charge in [-0.15, -0.1) is 0 Å². The molecule has 2 aromatic rings. The van der Waals surface area contributed by atoms with Crippen LogP contribution in [0.25, 0.3) is 6.08 Å². The molecule has 0 aromatic heterocycles. The van der Waals surface area contributed by atoms with Crippen LogP contribution < -0.4 is 19.5 Å². The van der Waals surface area contributed by atoms with Gasteiger partial charge in [0.25, 0.3) is 11.7 Å². The van der Waals surface area contributed by atoms with E-state index < -0.39 is 17.7 Å². The van der Waals surface area contributed by atoms with Gasteiger partial charge in [-0.05, 0) is 55.0 Å². The van der Waals surface area contributed by atoms with E-state index in [2.05, 4.69) is 5.32 Å². The zero-order chi connectivity index (χ0) is 24.0. The van der Waals surface area contributed by atoms with E-state index in [1.54, 1.807) is 42.5 Å². The molecule has 1 heterocycles. The second kappa shape index (κ2) is 10.1. The number of amides is 1. The highest BCUT2D eigenvalue weighted by Crippen LogP contribution is 2.30. The van der Waals surface area contributed by atoms with Crippen LogP contribution in [0.5, 0.6) is 17.2 Å². The van der Waals surface area contributed by atoms with E-state index in [-0.39, 0.29) is 18.1 Å². The van der Waals surface area contributed by atoms with Crippen molar-refractivity contribution in [2.75, 3.05) is 25.6 Å². The van der Waals surface area contributed by atoms with Crippen LogP contribution >= 0.6 is 0 Å². The van der Waals surface area contributed by atoms with E-state index in [9.17, 15) is 14.4 Å². The van der Waals surface area contributed by atoms with Crippen LogP contribution in [0.15, 0.2) is 48.0 Å². The molecule has 1 aliphatic rings. The van der Waals surface area contributed by atoms with Gasteiger partial charge in [0.2, 0.25) is 0 Å². The number of hydrogen-bond donors (Lipinski definition) is 1. The predicted molar refractivity (Wildman–Crippen MR) is 119 cm³/mol.